The van der Waals surface area contributed by atoms with Crippen molar-refractivity contribution in [2.45, 2.75) is 32.9 Å². The van der Waals surface area contributed by atoms with Crippen LogP contribution in [0.2, 0.25) is 0 Å². The lowest BCUT2D eigenvalue weighted by atomic mass is 10.0. The zero-order valence-electron chi connectivity index (χ0n) is 10.7. The first-order valence-corrected chi connectivity index (χ1v) is 7.88. The zero-order chi connectivity index (χ0) is 13.0. The number of nitrogens with one attached hydrogen (secondary N) is 1. The van der Waals surface area contributed by atoms with Crippen LogP contribution in [0.3, 0.4) is 0 Å². The Labute approximate surface area is 120 Å². The van der Waals surface area contributed by atoms with Crippen LogP contribution in [-0.4, -0.2) is 16.3 Å². The number of halogens is 1. The molecule has 0 aliphatic rings. The van der Waals surface area contributed by atoms with Gasteiger partial charge in [-0.25, -0.2) is 0 Å². The molecular weight excluding hydrogens is 310 g/mol. The summed E-state index contributed by atoms with van der Waals surface area (Å²) in [6.45, 7) is 6.15. The Bertz CT molecular complexity index is 492. The third-order valence-electron chi connectivity index (χ3n) is 2.89. The molecule has 0 aromatic carbocycles. The fraction of sp³-hybridized carbons (Fsp3) is 0.462. The average molecular weight is 328 g/mol. The molecule has 0 aliphatic carbocycles. The number of aromatic nitrogens is 2. The van der Waals surface area contributed by atoms with Crippen LogP contribution in [0.15, 0.2) is 27.6 Å². The quantitative estimate of drug-likeness (QED) is 0.878. The van der Waals surface area contributed by atoms with Crippen LogP contribution in [-0.2, 0) is 13.0 Å². The van der Waals surface area contributed by atoms with Crippen molar-refractivity contribution in [2.75, 3.05) is 6.54 Å². The van der Waals surface area contributed by atoms with Crippen LogP contribution in [0.25, 0.3) is 0 Å². The summed E-state index contributed by atoms with van der Waals surface area (Å²) in [5.41, 5.74) is 2.63. The molecule has 98 valence electrons. The smallest absolute Gasteiger partial charge is 0.0701 e. The largest absolute Gasteiger partial charge is 0.310 e. The van der Waals surface area contributed by atoms with Gasteiger partial charge in [-0.3, -0.25) is 4.68 Å². The van der Waals surface area contributed by atoms with Crippen molar-refractivity contribution >= 4 is 27.3 Å². The Morgan fingerprint density at radius 3 is 2.89 bits per heavy atom. The van der Waals surface area contributed by atoms with Crippen molar-refractivity contribution in [1.29, 1.82) is 0 Å². The van der Waals surface area contributed by atoms with E-state index in [2.05, 4.69) is 57.8 Å². The van der Waals surface area contributed by atoms with E-state index in [9.17, 15) is 0 Å². The van der Waals surface area contributed by atoms with E-state index >= 15 is 0 Å². The van der Waals surface area contributed by atoms with Gasteiger partial charge in [0.2, 0.25) is 0 Å². The van der Waals surface area contributed by atoms with Gasteiger partial charge in [0.25, 0.3) is 0 Å². The molecule has 0 aliphatic heterocycles. The molecule has 0 radical (unpaired) electrons. The Balaban J connectivity index is 2.10. The van der Waals surface area contributed by atoms with Gasteiger partial charge >= 0.3 is 0 Å². The first-order chi connectivity index (χ1) is 8.72. The maximum atomic E-state index is 4.33. The van der Waals surface area contributed by atoms with Gasteiger partial charge in [0.05, 0.1) is 9.98 Å². The number of nitrogens with zero attached hydrogens (tertiary/aromatic N) is 2. The van der Waals surface area contributed by atoms with Crippen LogP contribution in [0.1, 0.15) is 31.0 Å². The lowest BCUT2D eigenvalue weighted by molar-refractivity contribution is 0.550. The minimum absolute atomic E-state index is 0.368. The van der Waals surface area contributed by atoms with E-state index in [1.54, 1.807) is 11.3 Å². The van der Waals surface area contributed by atoms with Crippen molar-refractivity contribution in [1.82, 2.24) is 15.1 Å². The first-order valence-electron chi connectivity index (χ1n) is 6.21. The summed E-state index contributed by atoms with van der Waals surface area (Å²) in [6, 6.07) is 2.56. The van der Waals surface area contributed by atoms with Gasteiger partial charge in [0, 0.05) is 18.8 Å². The highest BCUT2D eigenvalue weighted by atomic mass is 79.9. The molecule has 0 saturated carbocycles. The fourth-order valence-electron chi connectivity index (χ4n) is 1.98. The summed E-state index contributed by atoms with van der Waals surface area (Å²) in [6.07, 6.45) is 5.08. The van der Waals surface area contributed by atoms with Gasteiger partial charge in [-0.15, -0.1) is 11.3 Å². The van der Waals surface area contributed by atoms with Crippen molar-refractivity contribution in [3.63, 3.8) is 0 Å². The standard InChI is InChI=1S/C13H18BrN3S/c1-3-15-12(11-6-13(14)18-9-11)5-10-7-16-17(4-2)8-10/h6-9,12,15H,3-5H2,1-2H3. The van der Waals surface area contributed by atoms with Gasteiger partial charge in [0.1, 0.15) is 0 Å². The highest BCUT2D eigenvalue weighted by Crippen LogP contribution is 2.27. The highest BCUT2D eigenvalue weighted by Gasteiger charge is 2.13. The normalized spacial score (nSPS) is 12.8. The van der Waals surface area contributed by atoms with Gasteiger partial charge in [-0.2, -0.15) is 5.10 Å². The van der Waals surface area contributed by atoms with Gasteiger partial charge in [0.15, 0.2) is 0 Å². The monoisotopic (exact) mass is 327 g/mol. The Kier molecular flexibility index (Phi) is 4.97. The van der Waals surface area contributed by atoms with Crippen LogP contribution >= 0.6 is 27.3 Å². The molecule has 1 unspecified atom stereocenters. The molecule has 2 aromatic rings. The summed E-state index contributed by atoms with van der Waals surface area (Å²) in [5.74, 6) is 0. The number of thiophene rings is 1. The van der Waals surface area contributed by atoms with Crippen molar-refractivity contribution < 1.29 is 0 Å². The van der Waals surface area contributed by atoms with Crippen molar-refractivity contribution in [3.8, 4) is 0 Å². The molecule has 2 heterocycles. The summed E-state index contributed by atoms with van der Waals surface area (Å²) in [5, 5.41) is 10.1. The minimum Gasteiger partial charge on any atom is -0.310 e. The third-order valence-corrected chi connectivity index (χ3v) is 4.41. The van der Waals surface area contributed by atoms with E-state index in [0.29, 0.717) is 6.04 Å². The van der Waals surface area contributed by atoms with Gasteiger partial charge in [-0.1, -0.05) is 6.92 Å². The highest BCUT2D eigenvalue weighted by molar-refractivity contribution is 9.11. The Hall–Kier alpha value is -0.650. The molecule has 1 N–H and O–H groups in total. The maximum absolute atomic E-state index is 4.33. The predicted molar refractivity (Wildman–Crippen MR) is 80.0 cm³/mol. The van der Waals surface area contributed by atoms with Crippen LogP contribution in [0, 0.1) is 0 Å². The second-order valence-electron chi connectivity index (χ2n) is 4.20. The number of hydrogen-bond donors (Lipinski definition) is 1. The molecule has 0 bridgehead atoms. The van der Waals surface area contributed by atoms with Crippen molar-refractivity contribution in [2.24, 2.45) is 0 Å². The summed E-state index contributed by atoms with van der Waals surface area (Å²) in [4.78, 5) is 0. The Morgan fingerprint density at radius 2 is 2.33 bits per heavy atom. The summed E-state index contributed by atoms with van der Waals surface area (Å²) >= 11 is 5.26. The third kappa shape index (κ3) is 3.43. The topological polar surface area (TPSA) is 29.9 Å². The van der Waals surface area contributed by atoms with Gasteiger partial charge < -0.3 is 5.32 Å². The van der Waals surface area contributed by atoms with E-state index in [0.717, 1.165) is 19.5 Å². The number of rotatable bonds is 6. The molecule has 1 atom stereocenters. The van der Waals surface area contributed by atoms with Crippen LogP contribution in [0.5, 0.6) is 0 Å². The summed E-state index contributed by atoms with van der Waals surface area (Å²) < 4.78 is 3.16. The summed E-state index contributed by atoms with van der Waals surface area (Å²) in [7, 11) is 0. The van der Waals surface area contributed by atoms with E-state index < -0.39 is 0 Å². The van der Waals surface area contributed by atoms with Crippen LogP contribution < -0.4 is 5.32 Å². The van der Waals surface area contributed by atoms with Gasteiger partial charge in [-0.05, 0) is 58.4 Å². The second-order valence-corrected chi connectivity index (χ2v) is 6.49. The van der Waals surface area contributed by atoms with E-state index in [4.69, 9.17) is 0 Å². The second kappa shape index (κ2) is 6.50. The molecular formula is C13H18BrN3S. The lowest BCUT2D eigenvalue weighted by Crippen LogP contribution is -2.22. The predicted octanol–water partition coefficient (Wildman–Crippen LogP) is 3.62. The molecule has 0 fully saturated rings. The molecule has 0 amide bonds. The Morgan fingerprint density at radius 1 is 1.50 bits per heavy atom. The average Bonchev–Trinajstić information content (AvgIpc) is 2.97. The molecule has 2 rings (SSSR count). The van der Waals surface area contributed by atoms with E-state index in [1.165, 1.54) is 14.9 Å². The molecule has 3 nitrogen and oxygen atoms in total. The first kappa shape index (κ1) is 13.8. The number of hydrogen-bond acceptors (Lipinski definition) is 3. The fourth-order valence-corrected chi connectivity index (χ4v) is 3.21. The minimum atomic E-state index is 0.368. The molecule has 0 spiro atoms. The number of likely N-dealkylation sites (N-methyl/N-ethyl adjacent to an activating group) is 1. The van der Waals surface area contributed by atoms with E-state index in [-0.39, 0.29) is 0 Å². The van der Waals surface area contributed by atoms with Crippen molar-refractivity contribution in [3.05, 3.63) is 38.8 Å². The molecule has 2 aromatic heterocycles. The maximum Gasteiger partial charge on any atom is 0.0701 e. The molecule has 5 heteroatoms. The zero-order valence-corrected chi connectivity index (χ0v) is 13.1. The van der Waals surface area contributed by atoms with Crippen LogP contribution in [0.4, 0.5) is 0 Å². The molecule has 0 saturated heterocycles. The number of aryl methyl sites for hydroxylation is 1. The van der Waals surface area contributed by atoms with E-state index in [1.807, 2.05) is 10.9 Å². The molecule has 18 heavy (non-hydrogen) atoms. The lowest BCUT2D eigenvalue weighted by Gasteiger charge is -2.15. The SMILES string of the molecule is CCNC(Cc1cnn(CC)c1)c1csc(Br)c1.